The molecule has 1 N–H and O–H groups in total. The molecule has 2 amide bonds. The molecule has 108 valence electrons. The quantitative estimate of drug-likeness (QED) is 0.836. The Kier molecular flexibility index (Phi) is 4.02. The minimum Gasteiger partial charge on any atom is -0.480 e. The zero-order valence-electron chi connectivity index (χ0n) is 11.9. The van der Waals surface area contributed by atoms with Gasteiger partial charge in [-0.05, 0) is 45.4 Å². The summed E-state index contributed by atoms with van der Waals surface area (Å²) in [4.78, 5) is 27.7. The van der Waals surface area contributed by atoms with Crippen LogP contribution >= 0.6 is 0 Å². The highest BCUT2D eigenvalue weighted by atomic mass is 16.4. The monoisotopic (exact) mass is 268 g/mol. The average molecular weight is 268 g/mol. The minimum atomic E-state index is -1.03. The van der Waals surface area contributed by atoms with Crippen molar-refractivity contribution < 1.29 is 14.7 Å². The van der Waals surface area contributed by atoms with Crippen LogP contribution in [0.1, 0.15) is 52.4 Å². The predicted molar refractivity (Wildman–Crippen MR) is 72.0 cm³/mol. The summed E-state index contributed by atoms with van der Waals surface area (Å²) in [7, 11) is 0. The average Bonchev–Trinajstić information content (AvgIpc) is 2.86. The van der Waals surface area contributed by atoms with Gasteiger partial charge in [0.25, 0.3) is 0 Å². The van der Waals surface area contributed by atoms with Gasteiger partial charge in [-0.25, -0.2) is 9.59 Å². The van der Waals surface area contributed by atoms with E-state index >= 15 is 0 Å². The number of carbonyl (C=O) groups is 2. The summed E-state index contributed by atoms with van der Waals surface area (Å²) in [5.41, 5.74) is -1.03. The van der Waals surface area contributed by atoms with E-state index in [0.717, 1.165) is 38.6 Å². The van der Waals surface area contributed by atoms with Crippen molar-refractivity contribution in [2.45, 2.75) is 64.0 Å². The largest absolute Gasteiger partial charge is 0.480 e. The number of amides is 2. The summed E-state index contributed by atoms with van der Waals surface area (Å²) in [6, 6.07) is 0.210. The Morgan fingerprint density at radius 3 is 2.63 bits per heavy atom. The van der Waals surface area contributed by atoms with Gasteiger partial charge in [0.15, 0.2) is 0 Å². The highest BCUT2D eigenvalue weighted by molar-refractivity contribution is 5.86. The van der Waals surface area contributed by atoms with Crippen LogP contribution in [0.5, 0.6) is 0 Å². The van der Waals surface area contributed by atoms with Crippen LogP contribution in [0, 0.1) is 0 Å². The van der Waals surface area contributed by atoms with Crippen molar-refractivity contribution in [3.8, 4) is 0 Å². The van der Waals surface area contributed by atoms with E-state index in [2.05, 4.69) is 6.92 Å². The summed E-state index contributed by atoms with van der Waals surface area (Å²) in [6.07, 6.45) is 5.35. The van der Waals surface area contributed by atoms with Crippen molar-refractivity contribution in [3.05, 3.63) is 0 Å². The van der Waals surface area contributed by atoms with E-state index < -0.39 is 11.5 Å². The number of likely N-dealkylation sites (tertiary alicyclic amines) is 2. The molecule has 0 bridgehead atoms. The van der Waals surface area contributed by atoms with Crippen LogP contribution in [0.4, 0.5) is 4.79 Å². The number of carboxylic acids is 1. The molecular weight excluding hydrogens is 244 g/mol. The number of rotatable bonds is 2. The van der Waals surface area contributed by atoms with Crippen LogP contribution in [-0.4, -0.2) is 51.6 Å². The molecule has 0 aromatic rings. The molecule has 2 atom stereocenters. The molecule has 0 saturated carbocycles. The van der Waals surface area contributed by atoms with Gasteiger partial charge < -0.3 is 14.9 Å². The first kappa shape index (κ1) is 14.2. The zero-order valence-corrected chi connectivity index (χ0v) is 11.9. The maximum Gasteiger partial charge on any atom is 0.329 e. The molecule has 5 heteroatoms. The second kappa shape index (κ2) is 5.39. The number of nitrogens with zero attached hydrogens (tertiary/aromatic N) is 2. The van der Waals surface area contributed by atoms with Crippen molar-refractivity contribution in [1.29, 1.82) is 0 Å². The second-order valence-electron chi connectivity index (χ2n) is 5.87. The number of piperidine rings is 1. The van der Waals surface area contributed by atoms with Gasteiger partial charge in [0.2, 0.25) is 0 Å². The van der Waals surface area contributed by atoms with E-state index in [0.29, 0.717) is 13.0 Å². The number of carboxylic acid groups (broad SMARTS) is 1. The normalized spacial score (nSPS) is 31.6. The van der Waals surface area contributed by atoms with Crippen LogP contribution in [0.2, 0.25) is 0 Å². The molecule has 2 fully saturated rings. The lowest BCUT2D eigenvalue weighted by Crippen LogP contribution is -2.61. The molecule has 2 unspecified atom stereocenters. The Morgan fingerprint density at radius 2 is 2.00 bits per heavy atom. The lowest BCUT2D eigenvalue weighted by Gasteiger charge is -2.44. The van der Waals surface area contributed by atoms with Gasteiger partial charge in [-0.15, -0.1) is 0 Å². The van der Waals surface area contributed by atoms with Crippen molar-refractivity contribution in [2.24, 2.45) is 0 Å². The number of hydrogen-bond acceptors (Lipinski definition) is 2. The number of urea groups is 1. The van der Waals surface area contributed by atoms with Crippen LogP contribution in [0.25, 0.3) is 0 Å². The molecule has 0 aromatic carbocycles. The lowest BCUT2D eigenvalue weighted by atomic mass is 9.89. The fourth-order valence-corrected chi connectivity index (χ4v) is 3.32. The standard InChI is InChI=1S/C14H24N2O3/c1-3-11-7-6-9-15(11)13(19)16-10-5-4-8-14(16,2)12(17)18/h11H,3-10H2,1-2H3,(H,17,18). The first-order valence-electron chi connectivity index (χ1n) is 7.32. The zero-order chi connectivity index (χ0) is 14.0. The molecular formula is C14H24N2O3. The maximum absolute atomic E-state index is 12.7. The smallest absolute Gasteiger partial charge is 0.329 e. The van der Waals surface area contributed by atoms with Crippen molar-refractivity contribution in [1.82, 2.24) is 9.80 Å². The van der Waals surface area contributed by atoms with E-state index in [1.807, 2.05) is 4.90 Å². The van der Waals surface area contributed by atoms with Gasteiger partial charge in [-0.1, -0.05) is 6.92 Å². The molecule has 2 heterocycles. The van der Waals surface area contributed by atoms with Gasteiger partial charge in [0, 0.05) is 19.1 Å². The highest BCUT2D eigenvalue weighted by Gasteiger charge is 2.46. The molecule has 2 saturated heterocycles. The lowest BCUT2D eigenvalue weighted by molar-refractivity contribution is -0.150. The Balaban J connectivity index is 2.18. The molecule has 0 spiro atoms. The molecule has 0 radical (unpaired) electrons. The number of carbonyl (C=O) groups excluding carboxylic acids is 1. The minimum absolute atomic E-state index is 0.0750. The molecule has 2 rings (SSSR count). The van der Waals surface area contributed by atoms with Crippen LogP contribution < -0.4 is 0 Å². The first-order chi connectivity index (χ1) is 9.00. The number of hydrogen-bond donors (Lipinski definition) is 1. The van der Waals surface area contributed by atoms with E-state index in [1.54, 1.807) is 11.8 Å². The molecule has 5 nitrogen and oxygen atoms in total. The van der Waals surface area contributed by atoms with Crippen LogP contribution in [0.3, 0.4) is 0 Å². The molecule has 2 aliphatic heterocycles. The molecule has 19 heavy (non-hydrogen) atoms. The summed E-state index contributed by atoms with van der Waals surface area (Å²) in [6.45, 7) is 5.10. The van der Waals surface area contributed by atoms with Crippen molar-refractivity contribution >= 4 is 12.0 Å². The van der Waals surface area contributed by atoms with E-state index in [-0.39, 0.29) is 12.1 Å². The van der Waals surface area contributed by atoms with Crippen LogP contribution in [0.15, 0.2) is 0 Å². The number of aliphatic carboxylic acids is 1. The summed E-state index contributed by atoms with van der Waals surface area (Å²) in [5.74, 6) is -0.882. The third-order valence-electron chi connectivity index (χ3n) is 4.68. The van der Waals surface area contributed by atoms with Crippen molar-refractivity contribution in [3.63, 3.8) is 0 Å². The Bertz CT molecular complexity index is 372. The molecule has 2 aliphatic rings. The predicted octanol–water partition coefficient (Wildman–Crippen LogP) is 2.31. The first-order valence-corrected chi connectivity index (χ1v) is 7.32. The second-order valence-corrected chi connectivity index (χ2v) is 5.87. The fraction of sp³-hybridized carbons (Fsp3) is 0.857. The van der Waals surface area contributed by atoms with Gasteiger partial charge in [-0.2, -0.15) is 0 Å². The third kappa shape index (κ3) is 2.42. The fourth-order valence-electron chi connectivity index (χ4n) is 3.32. The summed E-state index contributed by atoms with van der Waals surface area (Å²) < 4.78 is 0. The Labute approximate surface area is 114 Å². The van der Waals surface area contributed by atoms with Gasteiger partial charge >= 0.3 is 12.0 Å². The summed E-state index contributed by atoms with van der Waals surface area (Å²) >= 11 is 0. The van der Waals surface area contributed by atoms with Gasteiger partial charge in [0.1, 0.15) is 5.54 Å². The Hall–Kier alpha value is -1.26. The van der Waals surface area contributed by atoms with E-state index in [4.69, 9.17) is 0 Å². The Morgan fingerprint density at radius 1 is 1.26 bits per heavy atom. The van der Waals surface area contributed by atoms with Crippen LogP contribution in [-0.2, 0) is 4.79 Å². The van der Waals surface area contributed by atoms with E-state index in [1.165, 1.54) is 0 Å². The third-order valence-corrected chi connectivity index (χ3v) is 4.68. The molecule has 0 aromatic heterocycles. The highest BCUT2D eigenvalue weighted by Crippen LogP contribution is 2.31. The summed E-state index contributed by atoms with van der Waals surface area (Å²) in [5, 5.41) is 9.47. The van der Waals surface area contributed by atoms with Gasteiger partial charge in [-0.3, -0.25) is 0 Å². The molecule has 0 aliphatic carbocycles. The van der Waals surface area contributed by atoms with Gasteiger partial charge in [0.05, 0.1) is 0 Å². The van der Waals surface area contributed by atoms with Crippen molar-refractivity contribution in [2.75, 3.05) is 13.1 Å². The van der Waals surface area contributed by atoms with E-state index in [9.17, 15) is 14.7 Å². The SMILES string of the molecule is CCC1CCCN1C(=O)N1CCCCC1(C)C(=O)O. The maximum atomic E-state index is 12.7. The topological polar surface area (TPSA) is 60.9 Å².